The minimum atomic E-state index is 0.267. The molecule has 2 saturated carbocycles. The zero-order valence-electron chi connectivity index (χ0n) is 12.8. The molecule has 4 atom stereocenters. The van der Waals surface area contributed by atoms with Crippen LogP contribution in [0.2, 0.25) is 0 Å². The molecule has 0 bridgehead atoms. The second-order valence-corrected chi connectivity index (χ2v) is 7.56. The fraction of sp³-hybridized carbons (Fsp3) is 1.00. The molecule has 3 rings (SSSR count). The first kappa shape index (κ1) is 13.9. The van der Waals surface area contributed by atoms with Gasteiger partial charge in [-0.2, -0.15) is 0 Å². The maximum atomic E-state index is 6.14. The summed E-state index contributed by atoms with van der Waals surface area (Å²) < 4.78 is 6.14. The minimum absolute atomic E-state index is 0.267. The summed E-state index contributed by atoms with van der Waals surface area (Å²) in [6.07, 6.45) is 12.0. The molecule has 0 amide bonds. The van der Waals surface area contributed by atoms with Gasteiger partial charge in [0.1, 0.15) is 0 Å². The normalized spacial score (nSPS) is 42.6. The van der Waals surface area contributed by atoms with Gasteiger partial charge in [-0.3, -0.25) is 0 Å². The van der Waals surface area contributed by atoms with E-state index in [2.05, 4.69) is 19.2 Å². The van der Waals surface area contributed by atoms with Gasteiger partial charge in [0.15, 0.2) is 0 Å². The van der Waals surface area contributed by atoms with Gasteiger partial charge in [0, 0.05) is 18.7 Å². The predicted octanol–water partition coefficient (Wildman–Crippen LogP) is 3.89. The van der Waals surface area contributed by atoms with Crippen LogP contribution in [0.1, 0.15) is 71.6 Å². The van der Waals surface area contributed by atoms with Crippen LogP contribution in [0.3, 0.4) is 0 Å². The first-order valence-electron chi connectivity index (χ1n) is 8.57. The van der Waals surface area contributed by atoms with Crippen molar-refractivity contribution >= 4 is 0 Å². The standard InChI is InChI=1S/C17H31NO/c1-13-5-6-15(11-14(13)2)18-16-7-10-19-17(12-16)8-3-4-9-17/h13-16,18H,3-12H2,1-2H3. The van der Waals surface area contributed by atoms with Crippen LogP contribution in [0.15, 0.2) is 0 Å². The monoisotopic (exact) mass is 265 g/mol. The third-order valence-electron chi connectivity index (χ3n) is 6.08. The minimum Gasteiger partial charge on any atom is -0.375 e. The summed E-state index contributed by atoms with van der Waals surface area (Å²) in [6.45, 7) is 5.83. The van der Waals surface area contributed by atoms with E-state index in [-0.39, 0.29) is 5.60 Å². The topological polar surface area (TPSA) is 21.3 Å². The molecular formula is C17H31NO. The lowest BCUT2D eigenvalue weighted by molar-refractivity contribution is -0.0854. The molecule has 0 aromatic heterocycles. The van der Waals surface area contributed by atoms with Gasteiger partial charge < -0.3 is 10.1 Å². The summed E-state index contributed by atoms with van der Waals surface area (Å²) in [4.78, 5) is 0. The van der Waals surface area contributed by atoms with Gasteiger partial charge in [-0.05, 0) is 56.8 Å². The van der Waals surface area contributed by atoms with Crippen LogP contribution >= 0.6 is 0 Å². The quantitative estimate of drug-likeness (QED) is 0.818. The molecule has 1 saturated heterocycles. The Morgan fingerprint density at radius 3 is 2.47 bits per heavy atom. The molecule has 0 aromatic rings. The molecule has 3 aliphatic rings. The van der Waals surface area contributed by atoms with Gasteiger partial charge in [0.05, 0.1) is 5.60 Å². The molecule has 3 fully saturated rings. The van der Waals surface area contributed by atoms with Gasteiger partial charge in [0.2, 0.25) is 0 Å². The van der Waals surface area contributed by atoms with Crippen LogP contribution in [0, 0.1) is 11.8 Å². The van der Waals surface area contributed by atoms with Crippen LogP contribution in [-0.4, -0.2) is 24.3 Å². The fourth-order valence-electron chi connectivity index (χ4n) is 4.57. The third-order valence-corrected chi connectivity index (χ3v) is 6.08. The Kier molecular flexibility index (Phi) is 4.19. The summed E-state index contributed by atoms with van der Waals surface area (Å²) in [5, 5.41) is 3.98. The van der Waals surface area contributed by atoms with Crippen molar-refractivity contribution in [1.82, 2.24) is 5.32 Å². The molecule has 2 heteroatoms. The molecule has 2 aliphatic carbocycles. The maximum Gasteiger partial charge on any atom is 0.0697 e. The lowest BCUT2D eigenvalue weighted by atomic mass is 9.78. The average Bonchev–Trinajstić information content (AvgIpc) is 2.82. The Hall–Kier alpha value is -0.0800. The van der Waals surface area contributed by atoms with E-state index in [0.29, 0.717) is 0 Å². The third kappa shape index (κ3) is 3.16. The van der Waals surface area contributed by atoms with E-state index in [9.17, 15) is 0 Å². The van der Waals surface area contributed by atoms with Crippen molar-refractivity contribution in [2.75, 3.05) is 6.61 Å². The van der Waals surface area contributed by atoms with Gasteiger partial charge in [-0.25, -0.2) is 0 Å². The van der Waals surface area contributed by atoms with Crippen molar-refractivity contribution < 1.29 is 4.74 Å². The molecule has 1 aliphatic heterocycles. The summed E-state index contributed by atoms with van der Waals surface area (Å²) in [6, 6.07) is 1.49. The van der Waals surface area contributed by atoms with Crippen molar-refractivity contribution in [2.45, 2.75) is 89.3 Å². The van der Waals surface area contributed by atoms with E-state index in [1.54, 1.807) is 0 Å². The summed E-state index contributed by atoms with van der Waals surface area (Å²) >= 11 is 0. The Labute approximate surface area is 118 Å². The number of ether oxygens (including phenoxy) is 1. The summed E-state index contributed by atoms with van der Waals surface area (Å²) in [5.74, 6) is 1.82. The number of rotatable bonds is 2. The van der Waals surface area contributed by atoms with Crippen molar-refractivity contribution in [3.05, 3.63) is 0 Å². The zero-order chi connectivity index (χ0) is 13.3. The van der Waals surface area contributed by atoms with Crippen molar-refractivity contribution in [3.63, 3.8) is 0 Å². The van der Waals surface area contributed by atoms with Gasteiger partial charge in [-0.15, -0.1) is 0 Å². The Morgan fingerprint density at radius 1 is 0.947 bits per heavy atom. The molecule has 19 heavy (non-hydrogen) atoms. The molecule has 2 nitrogen and oxygen atoms in total. The Morgan fingerprint density at radius 2 is 1.74 bits per heavy atom. The first-order valence-corrected chi connectivity index (χ1v) is 8.57. The van der Waals surface area contributed by atoms with Crippen LogP contribution in [-0.2, 0) is 4.74 Å². The molecule has 0 aromatic carbocycles. The number of nitrogens with one attached hydrogen (secondary N) is 1. The fourth-order valence-corrected chi connectivity index (χ4v) is 4.57. The van der Waals surface area contributed by atoms with Gasteiger partial charge in [0.25, 0.3) is 0 Å². The van der Waals surface area contributed by atoms with E-state index < -0.39 is 0 Å². The van der Waals surface area contributed by atoms with Gasteiger partial charge >= 0.3 is 0 Å². The Balaban J connectivity index is 1.52. The highest BCUT2D eigenvalue weighted by molar-refractivity contribution is 4.95. The average molecular weight is 265 g/mol. The molecule has 1 spiro atoms. The van der Waals surface area contributed by atoms with E-state index in [1.165, 1.54) is 57.8 Å². The molecule has 4 unspecified atom stereocenters. The molecule has 1 N–H and O–H groups in total. The van der Waals surface area contributed by atoms with Crippen LogP contribution in [0.25, 0.3) is 0 Å². The molecule has 110 valence electrons. The number of hydrogen-bond donors (Lipinski definition) is 1. The van der Waals surface area contributed by atoms with Crippen molar-refractivity contribution in [1.29, 1.82) is 0 Å². The highest BCUT2D eigenvalue weighted by Crippen LogP contribution is 2.40. The highest BCUT2D eigenvalue weighted by atomic mass is 16.5. The lowest BCUT2D eigenvalue weighted by Crippen LogP contribution is -2.50. The molecule has 1 heterocycles. The smallest absolute Gasteiger partial charge is 0.0697 e. The lowest BCUT2D eigenvalue weighted by Gasteiger charge is -2.41. The van der Waals surface area contributed by atoms with Crippen molar-refractivity contribution in [3.8, 4) is 0 Å². The second kappa shape index (κ2) is 5.73. The van der Waals surface area contributed by atoms with Crippen LogP contribution in [0.4, 0.5) is 0 Å². The number of hydrogen-bond acceptors (Lipinski definition) is 2. The predicted molar refractivity (Wildman–Crippen MR) is 79.3 cm³/mol. The molecule has 0 radical (unpaired) electrons. The second-order valence-electron chi connectivity index (χ2n) is 7.56. The van der Waals surface area contributed by atoms with E-state index >= 15 is 0 Å². The van der Waals surface area contributed by atoms with E-state index in [0.717, 1.165) is 30.5 Å². The molecular weight excluding hydrogens is 234 g/mol. The van der Waals surface area contributed by atoms with E-state index in [1.807, 2.05) is 0 Å². The van der Waals surface area contributed by atoms with Crippen molar-refractivity contribution in [2.24, 2.45) is 11.8 Å². The zero-order valence-corrected chi connectivity index (χ0v) is 12.8. The van der Waals surface area contributed by atoms with E-state index in [4.69, 9.17) is 4.74 Å². The highest BCUT2D eigenvalue weighted by Gasteiger charge is 2.40. The van der Waals surface area contributed by atoms with Gasteiger partial charge in [-0.1, -0.05) is 26.7 Å². The summed E-state index contributed by atoms with van der Waals surface area (Å²) in [7, 11) is 0. The summed E-state index contributed by atoms with van der Waals surface area (Å²) in [5.41, 5.74) is 0.267. The van der Waals surface area contributed by atoms with Crippen LogP contribution in [0.5, 0.6) is 0 Å². The SMILES string of the molecule is CC1CCC(NC2CCOC3(CCCC3)C2)CC1C. The maximum absolute atomic E-state index is 6.14. The Bertz CT molecular complexity index is 298. The van der Waals surface area contributed by atoms with Crippen LogP contribution < -0.4 is 5.32 Å². The first-order chi connectivity index (χ1) is 9.17. The largest absolute Gasteiger partial charge is 0.375 e.